The normalized spacial score (nSPS) is 21.3. The smallest absolute Gasteiger partial charge is 0.290 e. The number of ether oxygens (including phenoxy) is 1. The minimum Gasteiger partial charge on any atom is -0.376 e. The van der Waals surface area contributed by atoms with Crippen molar-refractivity contribution in [3.63, 3.8) is 0 Å². The Kier molecular flexibility index (Phi) is 3.50. The van der Waals surface area contributed by atoms with Crippen molar-refractivity contribution in [3.05, 3.63) is 40.6 Å². The summed E-state index contributed by atoms with van der Waals surface area (Å²) in [6.45, 7) is 1.53. The number of hydrogen-bond donors (Lipinski definition) is 0. The molecule has 1 aromatic carbocycles. The Labute approximate surface area is 149 Å². The van der Waals surface area contributed by atoms with Gasteiger partial charge < -0.3 is 9.64 Å². The molecule has 0 amide bonds. The van der Waals surface area contributed by atoms with E-state index >= 15 is 0 Å². The fourth-order valence-corrected chi connectivity index (χ4v) is 3.90. The number of fused-ring (bicyclic) bond motifs is 2. The molecule has 3 heterocycles. The van der Waals surface area contributed by atoms with Gasteiger partial charge in [0.05, 0.1) is 32.0 Å². The van der Waals surface area contributed by atoms with E-state index in [1.54, 1.807) is 4.90 Å². The molecule has 1 fully saturated rings. The highest BCUT2D eigenvalue weighted by Crippen LogP contribution is 2.44. The van der Waals surface area contributed by atoms with Crippen LogP contribution in [0.4, 0.5) is 19.1 Å². The molecule has 0 unspecified atom stereocenters. The molecule has 1 saturated heterocycles. The van der Waals surface area contributed by atoms with E-state index in [2.05, 4.69) is 9.97 Å². The summed E-state index contributed by atoms with van der Waals surface area (Å²) in [6.07, 6.45) is -0.103. The van der Waals surface area contributed by atoms with Gasteiger partial charge in [-0.05, 0) is 30.0 Å². The van der Waals surface area contributed by atoms with Gasteiger partial charge in [-0.1, -0.05) is 12.1 Å². The van der Waals surface area contributed by atoms with Gasteiger partial charge in [-0.3, -0.25) is 0 Å². The number of anilines is 1. The summed E-state index contributed by atoms with van der Waals surface area (Å²) in [5.74, 6) is -2.76. The first-order chi connectivity index (χ1) is 12.5. The van der Waals surface area contributed by atoms with Crippen LogP contribution in [0.3, 0.4) is 0 Å². The van der Waals surface area contributed by atoms with Crippen molar-refractivity contribution < 1.29 is 17.9 Å². The number of aromatic nitrogens is 2. The molecule has 1 aliphatic carbocycles. The Morgan fingerprint density at radius 2 is 1.96 bits per heavy atom. The van der Waals surface area contributed by atoms with E-state index in [0.717, 1.165) is 17.5 Å². The van der Waals surface area contributed by atoms with E-state index < -0.39 is 12.1 Å². The highest BCUT2D eigenvalue weighted by molar-refractivity contribution is 5.68. The van der Waals surface area contributed by atoms with Crippen LogP contribution < -0.4 is 4.90 Å². The Bertz CT molecular complexity index is 881. The van der Waals surface area contributed by atoms with Gasteiger partial charge in [0.1, 0.15) is 11.9 Å². The van der Waals surface area contributed by atoms with Gasteiger partial charge >= 0.3 is 0 Å². The van der Waals surface area contributed by atoms with Crippen molar-refractivity contribution in [2.45, 2.75) is 38.0 Å². The molecule has 26 heavy (non-hydrogen) atoms. The Morgan fingerprint density at radius 3 is 2.77 bits per heavy atom. The molecule has 3 aliphatic rings. The third-order valence-corrected chi connectivity index (χ3v) is 5.40. The Balaban J connectivity index is 1.64. The Hall–Kier alpha value is -2.15. The molecule has 0 N–H and O–H groups in total. The predicted molar refractivity (Wildman–Crippen MR) is 90.2 cm³/mol. The second-order valence-corrected chi connectivity index (χ2v) is 7.19. The van der Waals surface area contributed by atoms with Crippen LogP contribution in [0.1, 0.15) is 28.8 Å². The number of alkyl halides is 3. The summed E-state index contributed by atoms with van der Waals surface area (Å²) < 4.78 is 47.4. The summed E-state index contributed by atoms with van der Waals surface area (Å²) >= 11 is 0. The molecule has 0 radical (unpaired) electrons. The first kappa shape index (κ1) is 16.1. The van der Waals surface area contributed by atoms with Crippen LogP contribution in [0.2, 0.25) is 0 Å². The van der Waals surface area contributed by atoms with Crippen molar-refractivity contribution >= 4 is 5.95 Å². The second-order valence-electron chi connectivity index (χ2n) is 7.19. The minimum atomic E-state index is -2.96. The lowest BCUT2D eigenvalue weighted by molar-refractivity contribution is -0.00594. The molecule has 2 aliphatic heterocycles. The summed E-state index contributed by atoms with van der Waals surface area (Å²) in [4.78, 5) is 10.3. The summed E-state index contributed by atoms with van der Waals surface area (Å²) in [5, 5.41) is 0. The maximum absolute atomic E-state index is 14.3. The average molecular weight is 361 g/mol. The van der Waals surface area contributed by atoms with Crippen molar-refractivity contribution in [2.75, 3.05) is 24.6 Å². The van der Waals surface area contributed by atoms with Crippen LogP contribution in [0.15, 0.2) is 18.2 Å². The fraction of sp³-hybridized carbons (Fsp3) is 0.474. The second kappa shape index (κ2) is 5.67. The first-order valence-corrected chi connectivity index (χ1v) is 8.89. The maximum Gasteiger partial charge on any atom is 0.290 e. The minimum absolute atomic E-state index is 0.155. The zero-order valence-electron chi connectivity index (χ0n) is 14.1. The van der Waals surface area contributed by atoms with Gasteiger partial charge in [-0.15, -0.1) is 0 Å². The van der Waals surface area contributed by atoms with E-state index in [0.29, 0.717) is 24.5 Å². The van der Waals surface area contributed by atoms with Crippen LogP contribution in [-0.4, -0.2) is 35.8 Å². The molecule has 4 nitrogen and oxygen atoms in total. The van der Waals surface area contributed by atoms with Crippen molar-refractivity contribution in [2.24, 2.45) is 0 Å². The summed E-state index contributed by atoms with van der Waals surface area (Å²) in [6, 6.07) is 5.93. The van der Waals surface area contributed by atoms with Gasteiger partial charge in [-0.25, -0.2) is 14.4 Å². The molecular weight excluding hydrogens is 343 g/mol. The van der Waals surface area contributed by atoms with Gasteiger partial charge in [0.15, 0.2) is 0 Å². The predicted octanol–water partition coefficient (Wildman–Crippen LogP) is 3.41. The lowest BCUT2D eigenvalue weighted by atomic mass is 9.97. The highest BCUT2D eigenvalue weighted by Gasteiger charge is 2.44. The lowest BCUT2D eigenvalue weighted by Crippen LogP contribution is -2.49. The van der Waals surface area contributed by atoms with Gasteiger partial charge in [0.25, 0.3) is 5.92 Å². The number of rotatable bonds is 2. The van der Waals surface area contributed by atoms with Crippen LogP contribution in [0, 0.1) is 0 Å². The van der Waals surface area contributed by atoms with E-state index in [9.17, 15) is 13.2 Å². The molecule has 1 aromatic heterocycles. The van der Waals surface area contributed by atoms with Crippen LogP contribution in [-0.2, 0) is 30.1 Å². The quantitative estimate of drug-likeness (QED) is 0.822. The Morgan fingerprint density at radius 1 is 1.12 bits per heavy atom. The van der Waals surface area contributed by atoms with Gasteiger partial charge in [-0.2, -0.15) is 8.78 Å². The molecule has 136 valence electrons. The SMILES string of the molecule is FC1CN(c2nc(-c3ccc4c(c3)COCC4)c3c(n2)C(F)(F)CC3)C1. The van der Waals surface area contributed by atoms with Crippen LogP contribution in [0.25, 0.3) is 11.3 Å². The lowest BCUT2D eigenvalue weighted by Gasteiger charge is -2.34. The van der Waals surface area contributed by atoms with Gasteiger partial charge in [0, 0.05) is 17.5 Å². The van der Waals surface area contributed by atoms with Crippen LogP contribution >= 0.6 is 0 Å². The highest BCUT2D eigenvalue weighted by atomic mass is 19.3. The third kappa shape index (κ3) is 2.48. The van der Waals surface area contributed by atoms with E-state index in [1.807, 2.05) is 18.2 Å². The monoisotopic (exact) mass is 361 g/mol. The topological polar surface area (TPSA) is 38.2 Å². The average Bonchev–Trinajstić information content (AvgIpc) is 2.93. The number of hydrogen-bond acceptors (Lipinski definition) is 4. The number of nitrogens with zero attached hydrogens (tertiary/aromatic N) is 3. The molecule has 0 saturated carbocycles. The fourth-order valence-electron chi connectivity index (χ4n) is 3.90. The van der Waals surface area contributed by atoms with Crippen molar-refractivity contribution in [3.8, 4) is 11.3 Å². The van der Waals surface area contributed by atoms with E-state index in [4.69, 9.17) is 4.74 Å². The largest absolute Gasteiger partial charge is 0.376 e. The van der Waals surface area contributed by atoms with Crippen molar-refractivity contribution in [1.82, 2.24) is 9.97 Å². The zero-order chi connectivity index (χ0) is 17.9. The maximum atomic E-state index is 14.3. The molecule has 0 spiro atoms. The number of benzene rings is 1. The molecular formula is C19H18F3N3O. The molecule has 5 rings (SSSR count). The molecule has 0 atom stereocenters. The molecule has 7 heteroatoms. The first-order valence-electron chi connectivity index (χ1n) is 8.89. The van der Waals surface area contributed by atoms with E-state index in [1.165, 1.54) is 5.56 Å². The summed E-state index contributed by atoms with van der Waals surface area (Å²) in [7, 11) is 0. The molecule has 0 bridgehead atoms. The van der Waals surface area contributed by atoms with E-state index in [-0.39, 0.29) is 37.6 Å². The van der Waals surface area contributed by atoms with Crippen molar-refractivity contribution in [1.29, 1.82) is 0 Å². The third-order valence-electron chi connectivity index (χ3n) is 5.40. The number of halogens is 3. The molecule has 2 aromatic rings. The zero-order valence-corrected chi connectivity index (χ0v) is 14.1. The standard InChI is InChI=1S/C19H18F3N3O/c20-14-8-25(9-14)18-23-16(15-3-5-19(21,22)17(15)24-18)12-2-1-11-4-6-26-10-13(11)7-12/h1-2,7,14H,3-6,8-10H2. The van der Waals surface area contributed by atoms with Gasteiger partial charge in [0.2, 0.25) is 5.95 Å². The van der Waals surface area contributed by atoms with Crippen LogP contribution in [0.5, 0.6) is 0 Å². The summed E-state index contributed by atoms with van der Waals surface area (Å²) in [5.41, 5.74) is 3.93.